The van der Waals surface area contributed by atoms with Crippen LogP contribution in [0, 0.1) is 18.8 Å². The van der Waals surface area contributed by atoms with Gasteiger partial charge in [-0.25, -0.2) is 4.98 Å². The van der Waals surface area contributed by atoms with Crippen LogP contribution in [-0.4, -0.2) is 25.8 Å². The molecule has 0 aliphatic heterocycles. The minimum absolute atomic E-state index is 0.0550. The van der Waals surface area contributed by atoms with Gasteiger partial charge in [-0.15, -0.1) is 11.3 Å². The maximum atomic E-state index is 12.6. The van der Waals surface area contributed by atoms with E-state index in [4.69, 9.17) is 0 Å². The lowest BCUT2D eigenvalue weighted by atomic mass is 9.53. The molecule has 6 nitrogen and oxygen atoms in total. The van der Waals surface area contributed by atoms with Crippen LogP contribution in [-0.2, 0) is 23.7 Å². The van der Waals surface area contributed by atoms with Gasteiger partial charge in [0.25, 0.3) is 0 Å². The van der Waals surface area contributed by atoms with E-state index in [0.29, 0.717) is 41.0 Å². The molecule has 0 radical (unpaired) electrons. The summed E-state index contributed by atoms with van der Waals surface area (Å²) < 4.78 is 2.12. The van der Waals surface area contributed by atoms with Crippen LogP contribution in [0.25, 0.3) is 0 Å². The summed E-state index contributed by atoms with van der Waals surface area (Å²) in [4.78, 5) is 18.0. The lowest BCUT2D eigenvalue weighted by Gasteiger charge is -2.51. The number of aromatic hydroxyl groups is 1. The van der Waals surface area contributed by atoms with Gasteiger partial charge in [-0.2, -0.15) is 5.10 Å². The molecule has 2 aromatic heterocycles. The summed E-state index contributed by atoms with van der Waals surface area (Å²) in [6, 6.07) is 6.02. The third-order valence-electron chi connectivity index (χ3n) is 9.09. The van der Waals surface area contributed by atoms with E-state index in [0.717, 1.165) is 30.6 Å². The topological polar surface area (TPSA) is 80.0 Å². The number of aryl methyl sites for hydroxylation is 3. The van der Waals surface area contributed by atoms with Crippen molar-refractivity contribution in [2.75, 3.05) is 5.32 Å². The van der Waals surface area contributed by atoms with E-state index in [-0.39, 0.29) is 11.3 Å². The molecule has 1 fully saturated rings. The number of amides is 1. The zero-order valence-electron chi connectivity index (χ0n) is 20.8. The molecule has 3 aromatic rings. The number of carbonyl (C=O) groups is 1. The van der Waals surface area contributed by atoms with Crippen LogP contribution < -0.4 is 5.32 Å². The first-order chi connectivity index (χ1) is 16.8. The van der Waals surface area contributed by atoms with Gasteiger partial charge in [-0.1, -0.05) is 13.0 Å². The highest BCUT2D eigenvalue weighted by molar-refractivity contribution is 7.15. The number of benzene rings is 1. The van der Waals surface area contributed by atoms with Gasteiger partial charge in [0.2, 0.25) is 5.91 Å². The van der Waals surface area contributed by atoms with Crippen molar-refractivity contribution in [1.82, 2.24) is 14.8 Å². The van der Waals surface area contributed by atoms with Crippen LogP contribution in [0.1, 0.15) is 84.5 Å². The third kappa shape index (κ3) is 3.70. The number of nitrogens with one attached hydrogen (secondary N) is 1. The predicted octanol–water partition coefficient (Wildman–Crippen LogP) is 5.81. The first-order valence-corrected chi connectivity index (χ1v) is 13.7. The van der Waals surface area contributed by atoms with Gasteiger partial charge in [-0.05, 0) is 97.9 Å². The summed E-state index contributed by atoms with van der Waals surface area (Å²) in [5, 5.41) is 18.4. The fourth-order valence-electron chi connectivity index (χ4n) is 7.87. The fraction of sp³-hybridized carbons (Fsp3) is 0.536. The number of thiazole rings is 1. The summed E-state index contributed by atoms with van der Waals surface area (Å²) in [7, 11) is 2.10. The van der Waals surface area contributed by atoms with E-state index >= 15 is 0 Å². The van der Waals surface area contributed by atoms with Crippen molar-refractivity contribution < 1.29 is 9.90 Å². The predicted molar refractivity (Wildman–Crippen MR) is 138 cm³/mol. The van der Waals surface area contributed by atoms with Crippen LogP contribution in [0.2, 0.25) is 0 Å². The minimum atomic E-state index is 0.0550. The molecule has 1 saturated carbocycles. The highest BCUT2D eigenvalue weighted by atomic mass is 32.1. The molecule has 6 rings (SSSR count). The Kier molecular flexibility index (Phi) is 5.51. The second kappa shape index (κ2) is 8.47. The van der Waals surface area contributed by atoms with Gasteiger partial charge in [0.15, 0.2) is 5.13 Å². The Hall–Kier alpha value is -2.67. The monoisotopic (exact) mass is 490 g/mol. The summed E-state index contributed by atoms with van der Waals surface area (Å²) >= 11 is 1.52. The minimum Gasteiger partial charge on any atom is -0.508 e. The number of aromatic nitrogens is 3. The first-order valence-electron chi connectivity index (χ1n) is 12.9. The smallest absolute Gasteiger partial charge is 0.226 e. The molecule has 1 amide bonds. The molecule has 184 valence electrons. The molecular formula is C28H34N4O2S. The summed E-state index contributed by atoms with van der Waals surface area (Å²) in [6.45, 7) is 4.47. The van der Waals surface area contributed by atoms with E-state index in [9.17, 15) is 9.90 Å². The van der Waals surface area contributed by atoms with Crippen LogP contribution >= 0.6 is 11.3 Å². The molecule has 35 heavy (non-hydrogen) atoms. The van der Waals surface area contributed by atoms with Crippen molar-refractivity contribution in [3.05, 3.63) is 57.9 Å². The maximum Gasteiger partial charge on any atom is 0.226 e. The average Bonchev–Trinajstić information content (AvgIpc) is 3.48. The van der Waals surface area contributed by atoms with Crippen molar-refractivity contribution in [3.8, 4) is 5.75 Å². The van der Waals surface area contributed by atoms with Crippen molar-refractivity contribution >= 4 is 22.4 Å². The molecule has 2 N–H and O–H groups in total. The number of carbonyl (C=O) groups excluding carboxylic acids is 1. The largest absolute Gasteiger partial charge is 0.508 e. The summed E-state index contributed by atoms with van der Waals surface area (Å²) in [6.07, 6.45) is 10.8. The van der Waals surface area contributed by atoms with E-state index in [1.54, 1.807) is 6.20 Å². The van der Waals surface area contributed by atoms with E-state index in [1.807, 2.05) is 19.1 Å². The molecule has 0 bridgehead atoms. The van der Waals surface area contributed by atoms with Gasteiger partial charge in [0, 0.05) is 35.7 Å². The Bertz CT molecular complexity index is 1280. The second-order valence-electron chi connectivity index (χ2n) is 11.1. The van der Waals surface area contributed by atoms with Crippen LogP contribution in [0.15, 0.2) is 30.6 Å². The highest BCUT2D eigenvalue weighted by Crippen LogP contribution is 2.64. The Morgan fingerprint density at radius 1 is 1.29 bits per heavy atom. The van der Waals surface area contributed by atoms with Gasteiger partial charge in [-0.3, -0.25) is 9.48 Å². The number of rotatable bonds is 5. The molecule has 5 atom stereocenters. The van der Waals surface area contributed by atoms with Gasteiger partial charge < -0.3 is 10.4 Å². The Balaban J connectivity index is 1.24. The maximum absolute atomic E-state index is 12.6. The van der Waals surface area contributed by atoms with Crippen LogP contribution in [0.5, 0.6) is 5.75 Å². The number of anilines is 1. The molecule has 7 heteroatoms. The number of nitrogens with zero attached hydrogens (tertiary/aromatic N) is 3. The molecule has 1 aromatic carbocycles. The fourth-order valence-corrected chi connectivity index (χ4v) is 8.55. The lowest BCUT2D eigenvalue weighted by Crippen LogP contribution is -2.45. The average molecular weight is 491 g/mol. The van der Waals surface area contributed by atoms with Crippen molar-refractivity contribution in [1.29, 1.82) is 0 Å². The molecule has 0 saturated heterocycles. The van der Waals surface area contributed by atoms with Crippen molar-refractivity contribution in [3.63, 3.8) is 0 Å². The molecule has 3 aliphatic rings. The molecule has 3 aliphatic carbocycles. The normalized spacial score (nSPS) is 28.7. The van der Waals surface area contributed by atoms with E-state index in [1.165, 1.54) is 46.6 Å². The Morgan fingerprint density at radius 2 is 2.14 bits per heavy atom. The second-order valence-corrected chi connectivity index (χ2v) is 12.3. The Morgan fingerprint density at radius 3 is 2.94 bits per heavy atom. The summed E-state index contributed by atoms with van der Waals surface area (Å²) in [5.74, 6) is 2.61. The standard InChI is InChI=1S/C28H34N4O2S/c1-16-14-29-27(35-16)31-24(34)6-4-5-21-23-15-30-32(3)26(23)28(2)12-11-20-19-10-8-18(33)13-17(19)7-9-22(20)25(21)28/h8,10,13-15,20-22,25,33H,4-7,9,11-12H2,1-3H3,(H,29,31,34)/t20-,21+,22-,25+,28+/m1/s1. The summed E-state index contributed by atoms with van der Waals surface area (Å²) in [5.41, 5.74) is 5.74. The molecule has 0 unspecified atom stereocenters. The third-order valence-corrected chi connectivity index (χ3v) is 9.92. The van der Waals surface area contributed by atoms with Gasteiger partial charge in [0.1, 0.15) is 5.75 Å². The number of fused-ring (bicyclic) bond motifs is 7. The highest BCUT2D eigenvalue weighted by Gasteiger charge is 2.58. The zero-order valence-corrected chi connectivity index (χ0v) is 21.6. The zero-order chi connectivity index (χ0) is 24.3. The van der Waals surface area contributed by atoms with E-state index in [2.05, 4.69) is 46.3 Å². The quantitative estimate of drug-likeness (QED) is 0.473. The Labute approximate surface area is 210 Å². The molecular weight excluding hydrogens is 456 g/mol. The number of phenols is 1. The van der Waals surface area contributed by atoms with Crippen molar-refractivity contribution in [2.24, 2.45) is 18.9 Å². The molecule has 0 spiro atoms. The van der Waals surface area contributed by atoms with Crippen LogP contribution in [0.3, 0.4) is 0 Å². The number of hydrogen-bond donors (Lipinski definition) is 2. The SMILES string of the molecule is Cc1cnc(NC(=O)CCC[C@H]2c3cnn(C)c3[C@@]3(C)CC[C@@H]4c5ccc(O)cc5CC[C@H]4[C@H]23)s1. The number of hydrogen-bond acceptors (Lipinski definition) is 5. The number of phenolic OH excluding ortho intramolecular Hbond substituents is 1. The van der Waals surface area contributed by atoms with Gasteiger partial charge >= 0.3 is 0 Å². The molecule has 2 heterocycles. The van der Waals surface area contributed by atoms with Crippen LogP contribution in [0.4, 0.5) is 5.13 Å². The van der Waals surface area contributed by atoms with Crippen molar-refractivity contribution in [2.45, 2.75) is 76.0 Å². The lowest BCUT2D eigenvalue weighted by molar-refractivity contribution is -0.116. The van der Waals surface area contributed by atoms with Gasteiger partial charge in [0.05, 0.1) is 6.20 Å². The first kappa shape index (κ1) is 22.8. The van der Waals surface area contributed by atoms with E-state index < -0.39 is 0 Å².